The molecule has 0 saturated carbocycles. The van der Waals surface area contributed by atoms with E-state index < -0.39 is 0 Å². The molecule has 0 atom stereocenters. The van der Waals surface area contributed by atoms with Gasteiger partial charge < -0.3 is 9.30 Å². The molecule has 0 fully saturated rings. The summed E-state index contributed by atoms with van der Waals surface area (Å²) in [5.74, 6) is 0.653. The Morgan fingerprint density at radius 1 is 0.957 bits per heavy atom. The molecular weight excluding hydrogens is 292 g/mol. The number of hydrogen-bond donors (Lipinski definition) is 0. The maximum atomic E-state index is 12.3. The minimum absolute atomic E-state index is 0.0518. The lowest BCUT2D eigenvalue weighted by Crippen LogP contribution is -2.19. The maximum Gasteiger partial charge on any atom is 0.254 e. The Labute approximate surface area is 132 Å². The van der Waals surface area contributed by atoms with Gasteiger partial charge in [0.05, 0.1) is 11.0 Å². The van der Waals surface area contributed by atoms with E-state index >= 15 is 0 Å². The molecule has 5 heteroatoms. The van der Waals surface area contributed by atoms with E-state index in [-0.39, 0.29) is 17.8 Å². The summed E-state index contributed by atoms with van der Waals surface area (Å²) < 4.78 is 9.11. The second-order valence-corrected chi connectivity index (χ2v) is 5.98. The number of aryl methyl sites for hydroxylation is 3. The first-order valence-corrected chi connectivity index (χ1v) is 7.91. The molecule has 0 spiro atoms. The molecular formula is C18H18N2O3. The van der Waals surface area contributed by atoms with Crippen LogP contribution in [0.4, 0.5) is 0 Å². The van der Waals surface area contributed by atoms with Gasteiger partial charge in [-0.15, -0.1) is 0 Å². The number of ether oxygens (including phenoxy) is 1. The Kier molecular flexibility index (Phi) is 2.88. The fraction of sp³-hybridized carbons (Fsp3) is 0.333. The van der Waals surface area contributed by atoms with Gasteiger partial charge in [0.1, 0.15) is 0 Å². The number of rotatable bonds is 2. The summed E-state index contributed by atoms with van der Waals surface area (Å²) in [5.41, 5.74) is 3.51. The molecule has 3 heterocycles. The largest absolute Gasteiger partial charge is 0.468 e. The molecule has 0 amide bonds. The van der Waals surface area contributed by atoms with Gasteiger partial charge in [-0.2, -0.15) is 0 Å². The number of hydrogen-bond acceptors (Lipinski definition) is 3. The van der Waals surface area contributed by atoms with E-state index in [1.54, 1.807) is 28.3 Å². The standard InChI is InChI=1S/C18H18N2O3/c1-4-10-6-14(21)19(3)16-12(10)8-13-11(5-2)7-15(22)20-9-23-18(16)17(13)20/h6-8H,4-5,9H2,1-3H3. The molecule has 2 aromatic heterocycles. The second kappa shape index (κ2) is 4.72. The average molecular weight is 310 g/mol. The van der Waals surface area contributed by atoms with Gasteiger partial charge in [0.15, 0.2) is 12.5 Å². The molecule has 4 rings (SSSR count). The van der Waals surface area contributed by atoms with Crippen LogP contribution in [0.25, 0.3) is 21.8 Å². The van der Waals surface area contributed by atoms with E-state index in [2.05, 4.69) is 6.07 Å². The summed E-state index contributed by atoms with van der Waals surface area (Å²) in [6.07, 6.45) is 1.56. The predicted octanol–water partition coefficient (Wildman–Crippen LogP) is 2.33. The van der Waals surface area contributed by atoms with Crippen LogP contribution < -0.4 is 15.9 Å². The molecule has 1 aliphatic rings. The highest BCUT2D eigenvalue weighted by molar-refractivity contribution is 6.05. The molecule has 0 aliphatic carbocycles. The smallest absolute Gasteiger partial charge is 0.254 e. The third-order valence-corrected chi connectivity index (χ3v) is 4.82. The lowest BCUT2D eigenvalue weighted by Gasteiger charge is -2.14. The SMILES string of the molecule is CCc1cc(=O)n(C)c2c3c4c(cc12)c(CC)cc(=O)n4CO3. The summed E-state index contributed by atoms with van der Waals surface area (Å²) in [7, 11) is 1.75. The first kappa shape index (κ1) is 14.1. The van der Waals surface area contributed by atoms with E-state index in [9.17, 15) is 9.59 Å². The molecule has 0 unspecified atom stereocenters. The number of benzene rings is 1. The minimum Gasteiger partial charge on any atom is -0.468 e. The van der Waals surface area contributed by atoms with Crippen molar-refractivity contribution in [3.63, 3.8) is 0 Å². The molecule has 23 heavy (non-hydrogen) atoms. The summed E-state index contributed by atoms with van der Waals surface area (Å²) >= 11 is 0. The first-order chi connectivity index (χ1) is 11.1. The Bertz CT molecular complexity index is 1090. The molecule has 118 valence electrons. The van der Waals surface area contributed by atoms with Crippen LogP contribution in [0.1, 0.15) is 25.0 Å². The Hall–Kier alpha value is -2.56. The molecule has 0 bridgehead atoms. The van der Waals surface area contributed by atoms with Gasteiger partial charge in [-0.25, -0.2) is 0 Å². The van der Waals surface area contributed by atoms with Crippen LogP contribution in [0, 0.1) is 0 Å². The summed E-state index contributed by atoms with van der Waals surface area (Å²) in [6, 6.07) is 5.49. The van der Waals surface area contributed by atoms with Gasteiger partial charge in [-0.1, -0.05) is 13.8 Å². The van der Waals surface area contributed by atoms with E-state index in [0.717, 1.165) is 45.8 Å². The quantitative estimate of drug-likeness (QED) is 0.683. The van der Waals surface area contributed by atoms with Crippen molar-refractivity contribution in [1.82, 2.24) is 9.13 Å². The number of fused-ring (bicyclic) bond motifs is 2. The minimum atomic E-state index is -0.0546. The van der Waals surface area contributed by atoms with Gasteiger partial charge in [0, 0.05) is 30.0 Å². The average Bonchev–Trinajstić information content (AvgIpc) is 2.99. The highest BCUT2D eigenvalue weighted by Crippen LogP contribution is 2.39. The van der Waals surface area contributed by atoms with Gasteiger partial charge >= 0.3 is 0 Å². The van der Waals surface area contributed by atoms with Crippen molar-refractivity contribution in [3.05, 3.63) is 50.0 Å². The molecule has 1 aliphatic heterocycles. The molecule has 3 aromatic rings. The van der Waals surface area contributed by atoms with Crippen molar-refractivity contribution >= 4 is 21.8 Å². The zero-order valence-corrected chi connectivity index (χ0v) is 13.5. The van der Waals surface area contributed by atoms with Crippen LogP contribution in [0.15, 0.2) is 27.8 Å². The number of pyridine rings is 2. The fourth-order valence-electron chi connectivity index (χ4n) is 3.56. The van der Waals surface area contributed by atoms with Gasteiger partial charge in [-0.3, -0.25) is 14.2 Å². The fourth-order valence-corrected chi connectivity index (χ4v) is 3.56. The van der Waals surface area contributed by atoms with Crippen LogP contribution in [0.5, 0.6) is 5.75 Å². The van der Waals surface area contributed by atoms with Crippen LogP contribution in [-0.4, -0.2) is 9.13 Å². The van der Waals surface area contributed by atoms with Crippen LogP contribution >= 0.6 is 0 Å². The molecule has 5 nitrogen and oxygen atoms in total. The lowest BCUT2D eigenvalue weighted by molar-refractivity contribution is 0.268. The van der Waals surface area contributed by atoms with Crippen molar-refractivity contribution < 1.29 is 4.74 Å². The summed E-state index contributed by atoms with van der Waals surface area (Å²) in [5, 5.41) is 2.07. The Morgan fingerprint density at radius 2 is 1.57 bits per heavy atom. The maximum absolute atomic E-state index is 12.3. The third-order valence-electron chi connectivity index (χ3n) is 4.82. The van der Waals surface area contributed by atoms with Crippen molar-refractivity contribution in [1.29, 1.82) is 0 Å². The summed E-state index contributed by atoms with van der Waals surface area (Å²) in [6.45, 7) is 4.29. The third kappa shape index (κ3) is 1.73. The second-order valence-electron chi connectivity index (χ2n) is 5.98. The normalized spacial score (nSPS) is 13.0. The lowest BCUT2D eigenvalue weighted by atomic mass is 9.99. The molecule has 1 aromatic carbocycles. The highest BCUT2D eigenvalue weighted by atomic mass is 16.5. The van der Waals surface area contributed by atoms with E-state index in [1.807, 2.05) is 13.8 Å². The predicted molar refractivity (Wildman–Crippen MR) is 90.3 cm³/mol. The Balaban J connectivity index is 2.35. The topological polar surface area (TPSA) is 53.2 Å². The van der Waals surface area contributed by atoms with Crippen LogP contribution in [-0.2, 0) is 26.6 Å². The zero-order valence-electron chi connectivity index (χ0n) is 13.5. The van der Waals surface area contributed by atoms with E-state index in [0.29, 0.717) is 5.75 Å². The van der Waals surface area contributed by atoms with Gasteiger partial charge in [-0.05, 0) is 30.0 Å². The van der Waals surface area contributed by atoms with Gasteiger partial charge in [0.25, 0.3) is 11.1 Å². The van der Waals surface area contributed by atoms with Crippen LogP contribution in [0.3, 0.4) is 0 Å². The van der Waals surface area contributed by atoms with Crippen molar-refractivity contribution in [2.24, 2.45) is 7.05 Å². The summed E-state index contributed by atoms with van der Waals surface area (Å²) in [4.78, 5) is 24.6. The monoisotopic (exact) mass is 310 g/mol. The van der Waals surface area contributed by atoms with Crippen molar-refractivity contribution in [2.75, 3.05) is 0 Å². The highest BCUT2D eigenvalue weighted by Gasteiger charge is 2.24. The Morgan fingerprint density at radius 3 is 2.22 bits per heavy atom. The van der Waals surface area contributed by atoms with Gasteiger partial charge in [0.2, 0.25) is 0 Å². The molecule has 0 N–H and O–H groups in total. The zero-order chi connectivity index (χ0) is 16.3. The molecule has 0 radical (unpaired) electrons. The molecule has 0 saturated heterocycles. The van der Waals surface area contributed by atoms with Crippen molar-refractivity contribution in [3.8, 4) is 5.75 Å². The van der Waals surface area contributed by atoms with E-state index in [4.69, 9.17) is 4.74 Å². The first-order valence-electron chi connectivity index (χ1n) is 7.91. The van der Waals surface area contributed by atoms with Crippen LogP contribution in [0.2, 0.25) is 0 Å². The van der Waals surface area contributed by atoms with E-state index in [1.165, 1.54) is 0 Å². The number of nitrogens with zero attached hydrogens (tertiary/aromatic N) is 2. The van der Waals surface area contributed by atoms with Crippen molar-refractivity contribution in [2.45, 2.75) is 33.4 Å². The number of aromatic nitrogens is 2.